The van der Waals surface area contributed by atoms with E-state index in [9.17, 15) is 14.9 Å². The molecule has 0 bridgehead atoms. The number of nitrogens with one attached hydrogen (secondary N) is 1. The van der Waals surface area contributed by atoms with Crippen LogP contribution in [0.3, 0.4) is 0 Å². The van der Waals surface area contributed by atoms with Gasteiger partial charge in [-0.25, -0.2) is 0 Å². The first kappa shape index (κ1) is 17.6. The van der Waals surface area contributed by atoms with Crippen LogP contribution in [0, 0.1) is 17.0 Å². The molecule has 9 heteroatoms. The Bertz CT molecular complexity index is 969. The first-order valence-corrected chi connectivity index (χ1v) is 8.44. The Morgan fingerprint density at radius 3 is 2.58 bits per heavy atom. The Morgan fingerprint density at radius 2 is 1.96 bits per heavy atom. The van der Waals surface area contributed by atoms with E-state index in [1.165, 1.54) is 17.8 Å². The van der Waals surface area contributed by atoms with Crippen LogP contribution in [0.2, 0.25) is 0 Å². The molecule has 0 aliphatic carbocycles. The van der Waals surface area contributed by atoms with Gasteiger partial charge in [-0.15, -0.1) is 10.2 Å². The minimum atomic E-state index is -0.495. The molecule has 3 aromatic rings. The van der Waals surface area contributed by atoms with Crippen LogP contribution in [-0.4, -0.2) is 25.6 Å². The molecule has 0 spiro atoms. The molecule has 8 nitrogen and oxygen atoms in total. The van der Waals surface area contributed by atoms with E-state index in [0.29, 0.717) is 11.3 Å². The van der Waals surface area contributed by atoms with Gasteiger partial charge < -0.3 is 9.88 Å². The predicted octanol–water partition coefficient (Wildman–Crippen LogP) is 3.44. The largest absolute Gasteiger partial charge is 0.322 e. The fraction of sp³-hybridized carbons (Fsp3) is 0.118. The van der Waals surface area contributed by atoms with Crippen LogP contribution >= 0.6 is 11.8 Å². The molecule has 2 aromatic carbocycles. The molecule has 132 valence electrons. The maximum Gasteiger partial charge on any atom is 0.273 e. The standard InChI is InChI=1S/C17H15N5O3S/c1-11-3-4-12(9-15(11)22(24)25)16(23)19-13-5-7-14(8-6-13)26-17-20-18-10-21(17)2/h3-10H,1-2H3,(H,19,23). The molecule has 0 fully saturated rings. The number of hydrogen-bond acceptors (Lipinski definition) is 6. The molecule has 0 saturated carbocycles. The zero-order valence-corrected chi connectivity index (χ0v) is 14.9. The van der Waals surface area contributed by atoms with Gasteiger partial charge in [0.1, 0.15) is 6.33 Å². The van der Waals surface area contributed by atoms with Crippen molar-refractivity contribution in [1.82, 2.24) is 14.8 Å². The molecule has 0 radical (unpaired) electrons. The number of nitro benzene ring substituents is 1. The molecule has 3 rings (SSSR count). The van der Waals surface area contributed by atoms with Gasteiger partial charge in [-0.2, -0.15) is 0 Å². The van der Waals surface area contributed by atoms with E-state index in [-0.39, 0.29) is 11.3 Å². The second kappa shape index (κ2) is 7.36. The first-order chi connectivity index (χ1) is 12.4. The fourth-order valence-electron chi connectivity index (χ4n) is 2.23. The molecular formula is C17H15N5O3S. The normalized spacial score (nSPS) is 10.5. The number of nitrogens with zero attached hydrogens (tertiary/aromatic N) is 4. The van der Waals surface area contributed by atoms with E-state index in [0.717, 1.165) is 10.1 Å². The van der Waals surface area contributed by atoms with Crippen molar-refractivity contribution < 1.29 is 9.72 Å². The fourth-order valence-corrected chi connectivity index (χ4v) is 2.99. The van der Waals surface area contributed by atoms with Crippen LogP contribution in [0.1, 0.15) is 15.9 Å². The van der Waals surface area contributed by atoms with Crippen LogP contribution < -0.4 is 5.32 Å². The minimum absolute atomic E-state index is 0.0759. The summed E-state index contributed by atoms with van der Waals surface area (Å²) in [5.41, 5.74) is 1.27. The lowest BCUT2D eigenvalue weighted by atomic mass is 10.1. The van der Waals surface area contributed by atoms with E-state index < -0.39 is 10.8 Å². The highest BCUT2D eigenvalue weighted by atomic mass is 32.2. The number of rotatable bonds is 5. The highest BCUT2D eigenvalue weighted by Gasteiger charge is 2.15. The molecule has 1 heterocycles. The van der Waals surface area contributed by atoms with Crippen molar-refractivity contribution >= 4 is 29.0 Å². The molecule has 0 aliphatic heterocycles. The van der Waals surface area contributed by atoms with E-state index >= 15 is 0 Å². The number of carbonyl (C=O) groups is 1. The van der Waals surface area contributed by atoms with Gasteiger partial charge in [-0.3, -0.25) is 14.9 Å². The average Bonchev–Trinajstić information content (AvgIpc) is 3.01. The van der Waals surface area contributed by atoms with Crippen LogP contribution in [0.15, 0.2) is 58.8 Å². The summed E-state index contributed by atoms with van der Waals surface area (Å²) in [6, 6.07) is 11.6. The second-order valence-electron chi connectivity index (χ2n) is 5.56. The highest BCUT2D eigenvalue weighted by molar-refractivity contribution is 7.99. The van der Waals surface area contributed by atoms with Crippen molar-refractivity contribution in [1.29, 1.82) is 0 Å². The third kappa shape index (κ3) is 3.89. The number of amides is 1. The monoisotopic (exact) mass is 369 g/mol. The summed E-state index contributed by atoms with van der Waals surface area (Å²) in [6.07, 6.45) is 1.62. The SMILES string of the molecule is Cc1ccc(C(=O)Nc2ccc(Sc3nncn3C)cc2)cc1[N+](=O)[O-]. The van der Waals surface area contributed by atoms with Gasteiger partial charge in [0.15, 0.2) is 5.16 Å². The Hall–Kier alpha value is -3.20. The Morgan fingerprint density at radius 1 is 1.23 bits per heavy atom. The van der Waals surface area contributed by atoms with Crippen molar-refractivity contribution in [2.75, 3.05) is 5.32 Å². The molecule has 0 aliphatic rings. The average molecular weight is 369 g/mol. The summed E-state index contributed by atoms with van der Waals surface area (Å²) in [5.74, 6) is -0.401. The summed E-state index contributed by atoms with van der Waals surface area (Å²) in [6.45, 7) is 1.63. The number of carbonyl (C=O) groups excluding carboxylic acids is 1. The van der Waals surface area contributed by atoms with E-state index in [4.69, 9.17) is 0 Å². The van der Waals surface area contributed by atoms with Crippen molar-refractivity contribution in [2.24, 2.45) is 7.05 Å². The Kier molecular flexibility index (Phi) is 4.99. The third-order valence-corrected chi connectivity index (χ3v) is 4.72. The smallest absolute Gasteiger partial charge is 0.273 e. The van der Waals surface area contributed by atoms with Crippen molar-refractivity contribution in [3.8, 4) is 0 Å². The first-order valence-electron chi connectivity index (χ1n) is 7.62. The maximum absolute atomic E-state index is 12.3. The van der Waals surface area contributed by atoms with Gasteiger partial charge in [-0.05, 0) is 49.0 Å². The lowest BCUT2D eigenvalue weighted by Gasteiger charge is -2.07. The molecule has 0 atom stereocenters. The lowest BCUT2D eigenvalue weighted by molar-refractivity contribution is -0.385. The van der Waals surface area contributed by atoms with E-state index in [1.54, 1.807) is 37.5 Å². The Labute approximate surface area is 153 Å². The highest BCUT2D eigenvalue weighted by Crippen LogP contribution is 2.26. The van der Waals surface area contributed by atoms with Gasteiger partial charge in [0.25, 0.3) is 11.6 Å². The number of hydrogen-bond donors (Lipinski definition) is 1. The van der Waals surface area contributed by atoms with Crippen LogP contribution in [0.5, 0.6) is 0 Å². The lowest BCUT2D eigenvalue weighted by Crippen LogP contribution is -2.12. The summed E-state index contributed by atoms with van der Waals surface area (Å²) in [7, 11) is 1.86. The Balaban J connectivity index is 1.71. The number of aryl methyl sites for hydroxylation is 2. The quantitative estimate of drug-likeness (QED) is 0.546. The predicted molar refractivity (Wildman–Crippen MR) is 97.4 cm³/mol. The zero-order valence-electron chi connectivity index (χ0n) is 14.0. The van der Waals surface area contributed by atoms with Gasteiger partial charge in [0, 0.05) is 34.8 Å². The molecule has 1 amide bonds. The molecule has 1 aromatic heterocycles. The molecular weight excluding hydrogens is 354 g/mol. The van der Waals surface area contributed by atoms with E-state index in [1.807, 2.05) is 23.7 Å². The number of nitro groups is 1. The molecule has 0 saturated heterocycles. The van der Waals surface area contributed by atoms with Crippen LogP contribution in [-0.2, 0) is 7.05 Å². The second-order valence-corrected chi connectivity index (χ2v) is 6.60. The summed E-state index contributed by atoms with van der Waals surface area (Å²) < 4.78 is 1.81. The number of aromatic nitrogens is 3. The van der Waals surface area contributed by atoms with Gasteiger partial charge in [0.05, 0.1) is 4.92 Å². The molecule has 26 heavy (non-hydrogen) atoms. The van der Waals surface area contributed by atoms with Gasteiger partial charge in [0.2, 0.25) is 0 Å². The van der Waals surface area contributed by atoms with Crippen molar-refractivity contribution in [2.45, 2.75) is 17.0 Å². The van der Waals surface area contributed by atoms with Crippen LogP contribution in [0.25, 0.3) is 0 Å². The van der Waals surface area contributed by atoms with Crippen molar-refractivity contribution in [3.63, 3.8) is 0 Å². The molecule has 1 N–H and O–H groups in total. The number of anilines is 1. The van der Waals surface area contributed by atoms with Gasteiger partial charge in [-0.1, -0.05) is 6.07 Å². The summed E-state index contributed by atoms with van der Waals surface area (Å²) >= 11 is 1.45. The number of benzene rings is 2. The zero-order chi connectivity index (χ0) is 18.7. The van der Waals surface area contributed by atoms with Gasteiger partial charge >= 0.3 is 0 Å². The third-order valence-electron chi connectivity index (χ3n) is 3.66. The van der Waals surface area contributed by atoms with Crippen LogP contribution in [0.4, 0.5) is 11.4 Å². The van der Waals surface area contributed by atoms with Crippen molar-refractivity contribution in [3.05, 3.63) is 70.0 Å². The molecule has 0 unspecified atom stereocenters. The minimum Gasteiger partial charge on any atom is -0.322 e. The van der Waals surface area contributed by atoms with E-state index in [2.05, 4.69) is 15.5 Å². The summed E-state index contributed by atoms with van der Waals surface area (Å²) in [4.78, 5) is 23.8. The summed E-state index contributed by atoms with van der Waals surface area (Å²) in [5, 5.41) is 22.3. The maximum atomic E-state index is 12.3. The topological polar surface area (TPSA) is 103 Å².